The minimum Gasteiger partial charge on any atom is -0.483 e. The number of primary amides is 1. The van der Waals surface area contributed by atoms with Gasteiger partial charge in [-0.25, -0.2) is 13.9 Å². The minimum atomic E-state index is -0.695. The van der Waals surface area contributed by atoms with Crippen LogP contribution in [0.3, 0.4) is 0 Å². The number of nitrogens with one attached hydrogen (secondary N) is 1. The number of ether oxygens (including phenoxy) is 4. The summed E-state index contributed by atoms with van der Waals surface area (Å²) < 4.78 is 38.5. The Hall–Kier alpha value is -2.99. The van der Waals surface area contributed by atoms with Crippen LogP contribution < -0.4 is 15.8 Å². The molecule has 4 heterocycles. The molecule has 2 unspecified atom stereocenters. The van der Waals surface area contributed by atoms with Crippen LogP contribution in [0, 0.1) is 5.82 Å². The molecule has 4 atom stereocenters. The number of nitrogens with two attached hydrogens (primary N) is 1. The summed E-state index contributed by atoms with van der Waals surface area (Å²) in [7, 11) is 1.60. The van der Waals surface area contributed by atoms with Crippen molar-refractivity contribution in [2.24, 2.45) is 5.73 Å². The van der Waals surface area contributed by atoms with Gasteiger partial charge in [0.2, 0.25) is 0 Å². The van der Waals surface area contributed by atoms with Crippen LogP contribution >= 0.6 is 11.6 Å². The van der Waals surface area contributed by atoms with Gasteiger partial charge in [-0.1, -0.05) is 11.6 Å². The molecule has 32 heavy (non-hydrogen) atoms. The number of amides is 1. The van der Waals surface area contributed by atoms with Crippen molar-refractivity contribution in [3.05, 3.63) is 47.1 Å². The molecular weight excluding hydrogens is 445 g/mol. The van der Waals surface area contributed by atoms with Gasteiger partial charge in [0, 0.05) is 19.4 Å². The largest absolute Gasteiger partial charge is 0.483 e. The first-order valence-corrected chi connectivity index (χ1v) is 10.1. The van der Waals surface area contributed by atoms with Crippen molar-refractivity contribution >= 4 is 34.5 Å². The third kappa shape index (κ3) is 3.52. The number of halogens is 2. The predicted molar refractivity (Wildman–Crippen MR) is 111 cm³/mol. The fraction of sp³-hybridized carbons (Fsp3) is 0.350. The van der Waals surface area contributed by atoms with Crippen molar-refractivity contribution in [1.82, 2.24) is 14.6 Å². The topological polar surface area (TPSA) is 122 Å². The molecule has 3 aromatic rings. The van der Waals surface area contributed by atoms with Gasteiger partial charge in [0.1, 0.15) is 41.7 Å². The maximum atomic E-state index is 14.1. The predicted octanol–water partition coefficient (Wildman–Crippen LogP) is 1.92. The monoisotopic (exact) mass is 463 g/mol. The Balaban J connectivity index is 1.46. The average molecular weight is 464 g/mol. The molecule has 3 N–H and O–H groups in total. The molecule has 2 saturated heterocycles. The first-order valence-electron chi connectivity index (χ1n) is 9.77. The molecule has 2 fully saturated rings. The number of carbonyl (C=O) groups is 1. The Kier molecular flexibility index (Phi) is 5.33. The molecule has 0 bridgehead atoms. The molecule has 0 spiro atoms. The second kappa shape index (κ2) is 8.17. The highest BCUT2D eigenvalue weighted by Gasteiger charge is 2.49. The number of methoxy groups -OCH3 is 1. The molecule has 2 aromatic heterocycles. The van der Waals surface area contributed by atoms with Crippen molar-refractivity contribution in [1.29, 1.82) is 0 Å². The second-order valence-corrected chi connectivity index (χ2v) is 7.79. The van der Waals surface area contributed by atoms with Gasteiger partial charge in [0.15, 0.2) is 11.9 Å². The van der Waals surface area contributed by atoms with E-state index in [-0.39, 0.29) is 47.1 Å². The molecule has 10 nitrogen and oxygen atoms in total. The average Bonchev–Trinajstić information content (AvgIpc) is 3.45. The summed E-state index contributed by atoms with van der Waals surface area (Å²) >= 11 is 6.34. The van der Waals surface area contributed by atoms with Gasteiger partial charge in [-0.05, 0) is 12.1 Å². The van der Waals surface area contributed by atoms with Gasteiger partial charge < -0.3 is 30.0 Å². The Morgan fingerprint density at radius 1 is 1.31 bits per heavy atom. The van der Waals surface area contributed by atoms with Gasteiger partial charge in [-0.15, -0.1) is 0 Å². The number of carbonyl (C=O) groups excluding carboxylic acids is 1. The van der Waals surface area contributed by atoms with E-state index in [0.29, 0.717) is 17.8 Å². The number of hydrogen-bond acceptors (Lipinski definition) is 8. The summed E-state index contributed by atoms with van der Waals surface area (Å²) in [5.41, 5.74) is 6.24. The van der Waals surface area contributed by atoms with E-state index in [9.17, 15) is 9.18 Å². The van der Waals surface area contributed by atoms with E-state index in [2.05, 4.69) is 15.4 Å². The van der Waals surface area contributed by atoms with Crippen molar-refractivity contribution in [3.63, 3.8) is 0 Å². The Morgan fingerprint density at radius 3 is 2.81 bits per heavy atom. The highest BCUT2D eigenvalue weighted by Crippen LogP contribution is 2.36. The smallest absolute Gasteiger partial charge is 0.251 e. The Labute approximate surface area is 186 Å². The van der Waals surface area contributed by atoms with E-state index in [1.165, 1.54) is 35.2 Å². The Bertz CT molecular complexity index is 1190. The van der Waals surface area contributed by atoms with E-state index in [4.69, 9.17) is 36.3 Å². The number of nitrogens with zero attached hydrogens (tertiary/aromatic N) is 3. The zero-order chi connectivity index (χ0) is 22.4. The van der Waals surface area contributed by atoms with Crippen molar-refractivity contribution in [3.8, 4) is 5.75 Å². The molecule has 5 rings (SSSR count). The molecule has 2 aliphatic heterocycles. The van der Waals surface area contributed by atoms with E-state index < -0.39 is 17.8 Å². The third-order valence-electron chi connectivity index (χ3n) is 5.52. The van der Waals surface area contributed by atoms with Crippen molar-refractivity contribution < 1.29 is 28.1 Å². The number of hydrogen-bond donors (Lipinski definition) is 2. The number of aromatic nitrogens is 3. The van der Waals surface area contributed by atoms with Gasteiger partial charge in [-0.2, -0.15) is 5.10 Å². The van der Waals surface area contributed by atoms with Crippen LogP contribution in [0.25, 0.3) is 5.52 Å². The quantitative estimate of drug-likeness (QED) is 0.568. The Morgan fingerprint density at radius 2 is 2.06 bits per heavy atom. The van der Waals surface area contributed by atoms with Crippen LogP contribution in [0.15, 0.2) is 30.7 Å². The first kappa shape index (κ1) is 20.9. The highest BCUT2D eigenvalue weighted by molar-refractivity contribution is 6.37. The van der Waals surface area contributed by atoms with Crippen LogP contribution in [0.2, 0.25) is 5.02 Å². The first-order chi connectivity index (χ1) is 15.5. The summed E-state index contributed by atoms with van der Waals surface area (Å²) in [4.78, 5) is 15.9. The molecule has 0 radical (unpaired) electrons. The van der Waals surface area contributed by atoms with E-state index in [1.54, 1.807) is 7.11 Å². The van der Waals surface area contributed by atoms with Gasteiger partial charge in [0.25, 0.3) is 5.91 Å². The fourth-order valence-electron chi connectivity index (χ4n) is 3.96. The molecule has 2 aliphatic rings. The molecular formula is C20H19ClFN5O5. The van der Waals surface area contributed by atoms with E-state index in [0.717, 1.165) is 0 Å². The SMILES string of the molecule is COC1CO[C@@H]2C(Oc3cc(F)ccc3Nc3ncnn4cc(C(N)=O)c(Cl)c34)CO[C@H]12. The van der Waals surface area contributed by atoms with Crippen LogP contribution in [-0.2, 0) is 14.2 Å². The number of benzene rings is 1. The molecule has 0 aliphatic carbocycles. The van der Waals surface area contributed by atoms with Crippen molar-refractivity contribution in [2.45, 2.75) is 24.4 Å². The minimum absolute atomic E-state index is 0.0992. The lowest BCUT2D eigenvalue weighted by molar-refractivity contribution is -0.0138. The van der Waals surface area contributed by atoms with Crippen LogP contribution in [-0.4, -0.2) is 65.2 Å². The number of fused-ring (bicyclic) bond motifs is 2. The van der Waals surface area contributed by atoms with Gasteiger partial charge in [-0.3, -0.25) is 4.79 Å². The fourth-order valence-corrected chi connectivity index (χ4v) is 4.28. The number of rotatable bonds is 6. The van der Waals surface area contributed by atoms with Gasteiger partial charge >= 0.3 is 0 Å². The molecule has 0 saturated carbocycles. The molecule has 12 heteroatoms. The summed E-state index contributed by atoms with van der Waals surface area (Å²) in [5.74, 6) is -0.656. The summed E-state index contributed by atoms with van der Waals surface area (Å²) in [5, 5.41) is 7.24. The van der Waals surface area contributed by atoms with Crippen LogP contribution in [0.1, 0.15) is 10.4 Å². The maximum absolute atomic E-state index is 14.1. The summed E-state index contributed by atoms with van der Waals surface area (Å²) in [6.07, 6.45) is 1.49. The molecule has 168 valence electrons. The standard InChI is InChI=1S/C20H19ClFN5O5/c1-29-13-6-30-18-14(7-31-17(13)18)32-12-4-9(22)2-3-11(12)26-20-16-15(21)10(19(23)28)5-27(16)25-8-24-20/h2-5,8,13-14,17-18H,6-7H2,1H3,(H2,23,28)(H,24,25,26)/t13?,14?,17-,18-/m1/s1. The maximum Gasteiger partial charge on any atom is 0.251 e. The van der Waals surface area contributed by atoms with Crippen LogP contribution in [0.4, 0.5) is 15.9 Å². The highest BCUT2D eigenvalue weighted by atomic mass is 35.5. The summed E-state index contributed by atoms with van der Waals surface area (Å²) in [6, 6.07) is 4.05. The van der Waals surface area contributed by atoms with Crippen molar-refractivity contribution in [2.75, 3.05) is 25.6 Å². The van der Waals surface area contributed by atoms with E-state index in [1.807, 2.05) is 0 Å². The zero-order valence-electron chi connectivity index (χ0n) is 16.8. The van der Waals surface area contributed by atoms with Crippen LogP contribution in [0.5, 0.6) is 5.75 Å². The zero-order valence-corrected chi connectivity index (χ0v) is 17.6. The molecule has 1 aromatic carbocycles. The molecule has 1 amide bonds. The van der Waals surface area contributed by atoms with Gasteiger partial charge in [0.05, 0.1) is 29.5 Å². The van der Waals surface area contributed by atoms with E-state index >= 15 is 0 Å². The summed E-state index contributed by atoms with van der Waals surface area (Å²) in [6.45, 7) is 0.670. The third-order valence-corrected chi connectivity index (χ3v) is 5.90. The lowest BCUT2D eigenvalue weighted by Crippen LogP contribution is -2.35. The lowest BCUT2D eigenvalue weighted by atomic mass is 10.1. The number of anilines is 2. The normalized spacial score (nSPS) is 24.6. The second-order valence-electron chi connectivity index (χ2n) is 7.41. The lowest BCUT2D eigenvalue weighted by Gasteiger charge is -2.20.